The number of aryl methyl sites for hydroxylation is 3. The number of carbonyl (C=O) groups is 2. The maximum Gasteiger partial charge on any atom is 0.347 e. The van der Waals surface area contributed by atoms with Gasteiger partial charge in [-0.15, -0.1) is 11.8 Å². The molecule has 0 atom stereocenters. The molecule has 3 aromatic rings. The quantitative estimate of drug-likeness (QED) is 0.268. The minimum absolute atomic E-state index is 0.110. The molecule has 0 bridgehead atoms. The smallest absolute Gasteiger partial charge is 0.347 e. The van der Waals surface area contributed by atoms with Gasteiger partial charge in [-0.25, -0.2) is 4.79 Å². The third-order valence-electron chi connectivity index (χ3n) is 5.04. The Balaban J connectivity index is 1.90. The summed E-state index contributed by atoms with van der Waals surface area (Å²) < 4.78 is 11.5. The van der Waals surface area contributed by atoms with E-state index in [1.807, 2.05) is 57.4 Å². The topological polar surface area (TPSA) is 76.7 Å². The Hall–Kier alpha value is -2.99. The monoisotopic (exact) mass is 438 g/mol. The molecule has 31 heavy (non-hydrogen) atoms. The van der Waals surface area contributed by atoms with E-state index in [1.54, 1.807) is 23.9 Å². The number of fused-ring (bicyclic) bond motifs is 1. The molecule has 0 radical (unpaired) electrons. The third-order valence-corrected chi connectivity index (χ3v) is 5.80. The molecular formula is C25H26O5S. The average molecular weight is 439 g/mol. The van der Waals surface area contributed by atoms with Crippen LogP contribution in [0.4, 0.5) is 0 Å². The van der Waals surface area contributed by atoms with Crippen LogP contribution in [0.5, 0.6) is 5.75 Å². The predicted octanol–water partition coefficient (Wildman–Crippen LogP) is 6.22. The number of thioether (sulfide) groups is 1. The minimum atomic E-state index is -1.33. The summed E-state index contributed by atoms with van der Waals surface area (Å²) in [6, 6.07) is 9.37. The van der Waals surface area contributed by atoms with Crippen LogP contribution in [0.15, 0.2) is 45.7 Å². The van der Waals surface area contributed by atoms with Crippen molar-refractivity contribution in [1.29, 1.82) is 0 Å². The molecule has 1 N–H and O–H groups in total. The third kappa shape index (κ3) is 4.69. The molecule has 3 rings (SSSR count). The van der Waals surface area contributed by atoms with E-state index in [0.717, 1.165) is 38.3 Å². The van der Waals surface area contributed by atoms with Crippen LogP contribution < -0.4 is 4.74 Å². The highest BCUT2D eigenvalue weighted by molar-refractivity contribution is 7.98. The van der Waals surface area contributed by atoms with Crippen molar-refractivity contribution in [3.63, 3.8) is 0 Å². The summed E-state index contributed by atoms with van der Waals surface area (Å²) in [4.78, 5) is 25.3. The summed E-state index contributed by atoms with van der Waals surface area (Å²) in [5.41, 5.74) is 2.44. The molecule has 0 saturated carbocycles. The molecule has 0 saturated heterocycles. The first-order valence-electron chi connectivity index (χ1n) is 9.86. The fraction of sp³-hybridized carbons (Fsp3) is 0.280. The summed E-state index contributed by atoms with van der Waals surface area (Å²) in [6.45, 7) is 8.62. The van der Waals surface area contributed by atoms with Crippen LogP contribution in [-0.4, -0.2) is 28.7 Å². The maximum absolute atomic E-state index is 12.9. The van der Waals surface area contributed by atoms with Crippen molar-refractivity contribution in [2.75, 3.05) is 6.26 Å². The van der Waals surface area contributed by atoms with Gasteiger partial charge in [0, 0.05) is 10.9 Å². The second kappa shape index (κ2) is 8.63. The lowest BCUT2D eigenvalue weighted by atomic mass is 10.0. The highest BCUT2D eigenvalue weighted by atomic mass is 32.2. The first-order valence-corrected chi connectivity index (χ1v) is 11.1. The van der Waals surface area contributed by atoms with Crippen LogP contribution >= 0.6 is 11.8 Å². The first kappa shape index (κ1) is 22.7. The molecule has 6 heteroatoms. The number of allylic oxidation sites excluding steroid dienone is 1. The van der Waals surface area contributed by atoms with Crippen molar-refractivity contribution in [1.82, 2.24) is 0 Å². The van der Waals surface area contributed by atoms with Gasteiger partial charge < -0.3 is 14.3 Å². The number of benzene rings is 2. The first-order chi connectivity index (χ1) is 14.5. The zero-order valence-electron chi connectivity index (χ0n) is 18.5. The second-order valence-electron chi connectivity index (χ2n) is 8.01. The Morgan fingerprint density at radius 3 is 2.32 bits per heavy atom. The molecule has 1 aromatic heterocycles. The predicted molar refractivity (Wildman–Crippen MR) is 124 cm³/mol. The van der Waals surface area contributed by atoms with Crippen molar-refractivity contribution < 1.29 is 23.8 Å². The molecule has 0 aliphatic carbocycles. The molecule has 1 heterocycles. The number of hydrogen-bond acceptors (Lipinski definition) is 5. The van der Waals surface area contributed by atoms with E-state index < -0.39 is 11.6 Å². The highest BCUT2D eigenvalue weighted by Gasteiger charge is 2.30. The van der Waals surface area contributed by atoms with Gasteiger partial charge in [0.15, 0.2) is 11.4 Å². The number of aliphatic carboxylic acids is 1. The molecule has 0 fully saturated rings. The lowest BCUT2D eigenvalue weighted by Crippen LogP contribution is -2.38. The number of rotatable bonds is 7. The number of ketones is 1. The van der Waals surface area contributed by atoms with E-state index in [-0.39, 0.29) is 5.78 Å². The van der Waals surface area contributed by atoms with Crippen LogP contribution in [0.2, 0.25) is 0 Å². The SMILES string of the molecule is CSc1ccc(C(=O)/C=C/c2cc(C)c(OC(C)(C)C(=O)O)c(C)c2)c2cc(C)oc12. The van der Waals surface area contributed by atoms with Gasteiger partial charge in [-0.3, -0.25) is 4.79 Å². The van der Waals surface area contributed by atoms with Crippen molar-refractivity contribution in [3.05, 3.63) is 64.4 Å². The van der Waals surface area contributed by atoms with E-state index in [0.29, 0.717) is 11.3 Å². The van der Waals surface area contributed by atoms with E-state index in [4.69, 9.17) is 9.15 Å². The lowest BCUT2D eigenvalue weighted by molar-refractivity contribution is -0.152. The fourth-order valence-electron chi connectivity index (χ4n) is 3.40. The van der Waals surface area contributed by atoms with Crippen LogP contribution in [0.25, 0.3) is 17.0 Å². The Morgan fingerprint density at radius 2 is 1.74 bits per heavy atom. The van der Waals surface area contributed by atoms with Gasteiger partial charge in [-0.1, -0.05) is 6.08 Å². The number of carboxylic acids is 1. The summed E-state index contributed by atoms with van der Waals surface area (Å²) in [7, 11) is 0. The normalized spacial score (nSPS) is 11.9. The van der Waals surface area contributed by atoms with Crippen molar-refractivity contribution >= 4 is 40.6 Å². The zero-order valence-corrected chi connectivity index (χ0v) is 19.3. The standard InChI is InChI=1S/C25H26O5S/c1-14-11-17(12-15(2)22(14)30-25(4,5)24(27)28)7-9-20(26)18-8-10-21(31-6)23-19(18)13-16(3)29-23/h7-13H,1-6H3,(H,27,28)/b9-7+. The number of ether oxygens (including phenoxy) is 1. The number of hydrogen-bond donors (Lipinski definition) is 1. The van der Waals surface area contributed by atoms with Crippen molar-refractivity contribution in [3.8, 4) is 5.75 Å². The van der Waals surface area contributed by atoms with E-state index in [2.05, 4.69) is 0 Å². The largest absolute Gasteiger partial charge is 0.478 e. The van der Waals surface area contributed by atoms with Gasteiger partial charge in [0.25, 0.3) is 0 Å². The molecule has 0 spiro atoms. The van der Waals surface area contributed by atoms with Gasteiger partial charge in [-0.2, -0.15) is 0 Å². The maximum atomic E-state index is 12.9. The van der Waals surface area contributed by atoms with Gasteiger partial charge in [0.2, 0.25) is 0 Å². The number of furan rings is 1. The molecule has 0 aliphatic heterocycles. The van der Waals surface area contributed by atoms with E-state index >= 15 is 0 Å². The van der Waals surface area contributed by atoms with Gasteiger partial charge >= 0.3 is 5.97 Å². The Morgan fingerprint density at radius 1 is 1.10 bits per heavy atom. The van der Waals surface area contributed by atoms with Gasteiger partial charge in [0.1, 0.15) is 17.1 Å². The van der Waals surface area contributed by atoms with Gasteiger partial charge in [-0.05, 0) is 94.0 Å². The summed E-state index contributed by atoms with van der Waals surface area (Å²) >= 11 is 1.58. The number of carbonyl (C=O) groups excluding carboxylic acids is 1. The van der Waals surface area contributed by atoms with Crippen LogP contribution in [0.3, 0.4) is 0 Å². The summed E-state index contributed by atoms with van der Waals surface area (Å²) in [5, 5.41) is 10.1. The van der Waals surface area contributed by atoms with Crippen LogP contribution in [-0.2, 0) is 4.79 Å². The fourth-order valence-corrected chi connectivity index (χ4v) is 3.94. The zero-order chi connectivity index (χ0) is 22.9. The Labute approximate surface area is 186 Å². The van der Waals surface area contributed by atoms with Crippen LogP contribution in [0, 0.1) is 20.8 Å². The number of carboxylic acid groups (broad SMARTS) is 1. The van der Waals surface area contributed by atoms with Gasteiger partial charge in [0.05, 0.1) is 4.90 Å². The molecule has 0 aliphatic rings. The Bertz CT molecular complexity index is 1180. The Kier molecular flexibility index (Phi) is 6.32. The molecule has 2 aromatic carbocycles. The van der Waals surface area contributed by atoms with Crippen molar-refractivity contribution in [2.45, 2.75) is 45.1 Å². The highest BCUT2D eigenvalue weighted by Crippen LogP contribution is 2.32. The minimum Gasteiger partial charge on any atom is -0.478 e. The molecule has 162 valence electrons. The molecule has 5 nitrogen and oxygen atoms in total. The van der Waals surface area contributed by atoms with E-state index in [9.17, 15) is 14.7 Å². The molecule has 0 amide bonds. The molecular weight excluding hydrogens is 412 g/mol. The molecule has 0 unspecified atom stereocenters. The second-order valence-corrected chi connectivity index (χ2v) is 8.86. The summed E-state index contributed by atoms with van der Waals surface area (Å²) in [6.07, 6.45) is 5.28. The van der Waals surface area contributed by atoms with Crippen molar-refractivity contribution in [2.24, 2.45) is 0 Å². The van der Waals surface area contributed by atoms with Crippen LogP contribution in [0.1, 0.15) is 46.7 Å². The lowest BCUT2D eigenvalue weighted by Gasteiger charge is -2.24. The summed E-state index contributed by atoms with van der Waals surface area (Å²) in [5.74, 6) is 0.162. The average Bonchev–Trinajstić information content (AvgIpc) is 3.09. The van der Waals surface area contributed by atoms with E-state index in [1.165, 1.54) is 13.8 Å².